The molecule has 5 nitrogen and oxygen atoms in total. The first-order chi connectivity index (χ1) is 14.2. The summed E-state index contributed by atoms with van der Waals surface area (Å²) in [5.41, 5.74) is 3.43. The van der Waals surface area contributed by atoms with Crippen molar-refractivity contribution in [1.82, 2.24) is 4.90 Å². The molecule has 0 N–H and O–H groups in total. The first-order valence-electron chi connectivity index (χ1n) is 9.41. The Morgan fingerprint density at radius 3 is 2.38 bits per heavy atom. The second kappa shape index (κ2) is 8.17. The fraction of sp³-hybridized carbons (Fsp3) is 0.261. The molecule has 150 valence electrons. The van der Waals surface area contributed by atoms with E-state index in [1.807, 2.05) is 35.2 Å². The van der Waals surface area contributed by atoms with Crippen molar-refractivity contribution in [3.05, 3.63) is 64.5 Å². The number of rotatable bonds is 5. The smallest absolute Gasteiger partial charge is 0.264 e. The minimum absolute atomic E-state index is 0.0650. The molecule has 0 radical (unpaired) electrons. The highest BCUT2D eigenvalue weighted by molar-refractivity contribution is 7.17. The lowest BCUT2D eigenvalue weighted by Crippen LogP contribution is -2.35. The van der Waals surface area contributed by atoms with Crippen LogP contribution < -0.4 is 14.2 Å². The predicted octanol–water partition coefficient (Wildman–Crippen LogP) is 4.64. The summed E-state index contributed by atoms with van der Waals surface area (Å²) in [4.78, 5) is 16.7. The number of amides is 1. The number of nitrogens with zero attached hydrogens (tertiary/aromatic N) is 1. The molecule has 1 aromatic heterocycles. The molecule has 0 spiro atoms. The van der Waals surface area contributed by atoms with E-state index in [1.165, 1.54) is 22.5 Å². The maximum atomic E-state index is 13.1. The third-order valence-electron chi connectivity index (χ3n) is 5.20. The van der Waals surface area contributed by atoms with E-state index < -0.39 is 0 Å². The monoisotopic (exact) mass is 409 g/mol. The first-order valence-corrected chi connectivity index (χ1v) is 10.2. The Morgan fingerprint density at radius 1 is 0.897 bits per heavy atom. The second-order valence-electron chi connectivity index (χ2n) is 6.79. The summed E-state index contributed by atoms with van der Waals surface area (Å²) in [5.74, 6) is 1.81. The summed E-state index contributed by atoms with van der Waals surface area (Å²) in [6, 6.07) is 15.9. The van der Waals surface area contributed by atoms with Crippen molar-refractivity contribution in [3.8, 4) is 27.7 Å². The molecule has 2 heterocycles. The summed E-state index contributed by atoms with van der Waals surface area (Å²) in [7, 11) is 4.78. The molecule has 2 aromatic carbocycles. The maximum Gasteiger partial charge on any atom is 0.264 e. The molecule has 29 heavy (non-hydrogen) atoms. The molecule has 0 saturated heterocycles. The van der Waals surface area contributed by atoms with Crippen LogP contribution in [-0.2, 0) is 13.0 Å². The van der Waals surface area contributed by atoms with Gasteiger partial charge < -0.3 is 19.1 Å². The number of thiophene rings is 1. The Balaban J connectivity index is 1.62. The van der Waals surface area contributed by atoms with E-state index in [0.717, 1.165) is 28.3 Å². The van der Waals surface area contributed by atoms with Gasteiger partial charge in [0, 0.05) is 23.5 Å². The minimum atomic E-state index is 0.0650. The minimum Gasteiger partial charge on any atom is -0.493 e. The molecular formula is C23H23NO4S. The average molecular weight is 410 g/mol. The molecule has 0 fully saturated rings. The number of ether oxygens (including phenoxy) is 3. The lowest BCUT2D eigenvalue weighted by Gasteiger charge is -2.28. The zero-order valence-electron chi connectivity index (χ0n) is 16.7. The quantitative estimate of drug-likeness (QED) is 0.616. The molecular weight excluding hydrogens is 386 g/mol. The van der Waals surface area contributed by atoms with E-state index in [-0.39, 0.29) is 5.91 Å². The molecule has 6 heteroatoms. The molecule has 3 aromatic rings. The summed E-state index contributed by atoms with van der Waals surface area (Å²) >= 11 is 1.46. The van der Waals surface area contributed by atoms with Crippen molar-refractivity contribution >= 4 is 17.2 Å². The van der Waals surface area contributed by atoms with Gasteiger partial charge in [-0.05, 0) is 41.8 Å². The summed E-state index contributed by atoms with van der Waals surface area (Å²) < 4.78 is 16.4. The number of benzene rings is 2. The van der Waals surface area contributed by atoms with Gasteiger partial charge in [-0.15, -0.1) is 11.3 Å². The van der Waals surface area contributed by atoms with Gasteiger partial charge in [-0.1, -0.05) is 24.3 Å². The van der Waals surface area contributed by atoms with Crippen LogP contribution in [0.5, 0.6) is 17.2 Å². The zero-order valence-corrected chi connectivity index (χ0v) is 17.5. The van der Waals surface area contributed by atoms with Crippen molar-refractivity contribution < 1.29 is 19.0 Å². The Hall–Kier alpha value is -2.99. The van der Waals surface area contributed by atoms with Crippen LogP contribution in [-0.4, -0.2) is 38.7 Å². The third kappa shape index (κ3) is 3.56. The van der Waals surface area contributed by atoms with Crippen LogP contribution in [0.3, 0.4) is 0 Å². The fourth-order valence-corrected chi connectivity index (χ4v) is 4.71. The Bertz CT molecular complexity index is 1040. The lowest BCUT2D eigenvalue weighted by atomic mass is 10.00. The lowest BCUT2D eigenvalue weighted by molar-refractivity contribution is 0.0739. The number of carbonyl (C=O) groups excluding carboxylic acids is 1. The van der Waals surface area contributed by atoms with Crippen molar-refractivity contribution in [2.24, 2.45) is 0 Å². The first kappa shape index (κ1) is 19.3. The highest BCUT2D eigenvalue weighted by atomic mass is 32.1. The van der Waals surface area contributed by atoms with E-state index in [0.29, 0.717) is 23.8 Å². The van der Waals surface area contributed by atoms with Gasteiger partial charge >= 0.3 is 0 Å². The van der Waals surface area contributed by atoms with Gasteiger partial charge in [0.25, 0.3) is 5.91 Å². The highest BCUT2D eigenvalue weighted by Crippen LogP contribution is 2.46. The SMILES string of the molecule is COc1ccc(-c2ccc(C(=O)N3CCc4ccccc4C3)s2)c(OC)c1OC. The maximum absolute atomic E-state index is 13.1. The number of methoxy groups -OCH3 is 3. The summed E-state index contributed by atoms with van der Waals surface area (Å²) in [6.45, 7) is 1.39. The molecule has 0 bridgehead atoms. The molecule has 4 rings (SSSR count). The predicted molar refractivity (Wildman–Crippen MR) is 114 cm³/mol. The van der Waals surface area contributed by atoms with Gasteiger partial charge in [-0.25, -0.2) is 0 Å². The van der Waals surface area contributed by atoms with E-state index in [4.69, 9.17) is 14.2 Å². The fourth-order valence-electron chi connectivity index (χ4n) is 3.72. The summed E-state index contributed by atoms with van der Waals surface area (Å²) in [5, 5.41) is 0. The molecule has 1 aliphatic heterocycles. The van der Waals surface area contributed by atoms with Crippen LogP contribution in [0.2, 0.25) is 0 Å². The number of hydrogen-bond acceptors (Lipinski definition) is 5. The van der Waals surface area contributed by atoms with Crippen LogP contribution in [0, 0.1) is 0 Å². The van der Waals surface area contributed by atoms with E-state index >= 15 is 0 Å². The van der Waals surface area contributed by atoms with Crippen LogP contribution >= 0.6 is 11.3 Å². The molecule has 1 aliphatic rings. The van der Waals surface area contributed by atoms with Crippen molar-refractivity contribution in [1.29, 1.82) is 0 Å². The zero-order chi connectivity index (χ0) is 20.4. The van der Waals surface area contributed by atoms with Gasteiger partial charge in [0.1, 0.15) is 0 Å². The average Bonchev–Trinajstić information content (AvgIpc) is 3.27. The molecule has 0 saturated carbocycles. The van der Waals surface area contributed by atoms with Gasteiger partial charge in [0.2, 0.25) is 5.75 Å². The highest BCUT2D eigenvalue weighted by Gasteiger charge is 2.24. The largest absolute Gasteiger partial charge is 0.493 e. The van der Waals surface area contributed by atoms with Crippen molar-refractivity contribution in [3.63, 3.8) is 0 Å². The van der Waals surface area contributed by atoms with Gasteiger partial charge in [0.05, 0.1) is 26.2 Å². The topological polar surface area (TPSA) is 48.0 Å². The number of hydrogen-bond donors (Lipinski definition) is 0. The van der Waals surface area contributed by atoms with E-state index in [2.05, 4.69) is 18.2 Å². The number of carbonyl (C=O) groups is 1. The van der Waals surface area contributed by atoms with Crippen LogP contribution in [0.1, 0.15) is 20.8 Å². The van der Waals surface area contributed by atoms with Crippen molar-refractivity contribution in [2.75, 3.05) is 27.9 Å². The standard InChI is InChI=1S/C23H23NO4S/c1-26-18-9-8-17(21(27-2)22(18)28-3)19-10-11-20(29-19)23(25)24-13-12-15-6-4-5-7-16(15)14-24/h4-11H,12-14H2,1-3H3. The molecule has 0 atom stereocenters. The Kier molecular flexibility index (Phi) is 5.45. The molecule has 0 aliphatic carbocycles. The van der Waals surface area contributed by atoms with E-state index in [1.54, 1.807) is 21.3 Å². The second-order valence-corrected chi connectivity index (χ2v) is 7.87. The normalized spacial score (nSPS) is 13.0. The summed E-state index contributed by atoms with van der Waals surface area (Å²) in [6.07, 6.45) is 0.893. The van der Waals surface area contributed by atoms with Crippen molar-refractivity contribution in [2.45, 2.75) is 13.0 Å². The van der Waals surface area contributed by atoms with Crippen LogP contribution in [0.25, 0.3) is 10.4 Å². The van der Waals surface area contributed by atoms with E-state index in [9.17, 15) is 4.79 Å². The van der Waals surface area contributed by atoms with Crippen LogP contribution in [0.15, 0.2) is 48.5 Å². The van der Waals surface area contributed by atoms with Gasteiger partial charge in [-0.3, -0.25) is 4.79 Å². The van der Waals surface area contributed by atoms with Crippen LogP contribution in [0.4, 0.5) is 0 Å². The third-order valence-corrected chi connectivity index (χ3v) is 6.31. The Labute approximate surface area is 174 Å². The number of fused-ring (bicyclic) bond motifs is 1. The van der Waals surface area contributed by atoms with Gasteiger partial charge in [-0.2, -0.15) is 0 Å². The van der Waals surface area contributed by atoms with Gasteiger partial charge in [0.15, 0.2) is 11.5 Å². The molecule has 1 amide bonds. The molecule has 0 unspecified atom stereocenters. The Morgan fingerprint density at radius 2 is 1.66 bits per heavy atom.